The molecular weight excluding hydrogens is 377 g/mol. The molecule has 0 aliphatic carbocycles. The van der Waals surface area contributed by atoms with Crippen molar-refractivity contribution in [3.05, 3.63) is 41.7 Å². The third-order valence-electron chi connectivity index (χ3n) is 4.24. The van der Waals surface area contributed by atoms with Gasteiger partial charge in [0, 0.05) is 45.2 Å². The van der Waals surface area contributed by atoms with Gasteiger partial charge in [-0.3, -0.25) is 9.59 Å². The third-order valence-corrected chi connectivity index (χ3v) is 4.24. The van der Waals surface area contributed by atoms with Crippen LogP contribution in [0.5, 0.6) is 0 Å². The number of nitrogens with zero attached hydrogens (tertiary/aromatic N) is 2. The second kappa shape index (κ2) is 10.0. The monoisotopic (exact) mass is 405 g/mol. The molecule has 29 heavy (non-hydrogen) atoms. The average molecular weight is 405 g/mol. The van der Waals surface area contributed by atoms with E-state index in [9.17, 15) is 18.8 Å². The Morgan fingerprint density at radius 2 is 1.66 bits per heavy atom. The molecule has 1 fully saturated rings. The first kappa shape index (κ1) is 22.4. The Bertz CT molecular complexity index is 748. The van der Waals surface area contributed by atoms with Gasteiger partial charge in [0.25, 0.3) is 0 Å². The highest BCUT2D eigenvalue weighted by molar-refractivity contribution is 5.92. The van der Waals surface area contributed by atoms with E-state index < -0.39 is 11.7 Å². The van der Waals surface area contributed by atoms with Crippen molar-refractivity contribution in [1.82, 2.24) is 15.1 Å². The highest BCUT2D eigenvalue weighted by atomic mass is 19.1. The largest absolute Gasteiger partial charge is 0.444 e. The molecule has 3 amide bonds. The smallest absolute Gasteiger partial charge is 0.407 e. The molecule has 1 saturated heterocycles. The molecule has 7 nitrogen and oxygen atoms in total. The summed E-state index contributed by atoms with van der Waals surface area (Å²) in [4.78, 5) is 39.5. The Kier molecular flexibility index (Phi) is 7.75. The number of carbonyl (C=O) groups is 3. The van der Waals surface area contributed by atoms with Crippen molar-refractivity contribution in [3.8, 4) is 0 Å². The second-order valence-electron chi connectivity index (χ2n) is 7.77. The van der Waals surface area contributed by atoms with Crippen molar-refractivity contribution < 1.29 is 23.5 Å². The summed E-state index contributed by atoms with van der Waals surface area (Å²) < 4.78 is 18.0. The lowest BCUT2D eigenvalue weighted by Gasteiger charge is -2.34. The number of hydrogen-bond donors (Lipinski definition) is 1. The Morgan fingerprint density at radius 3 is 2.24 bits per heavy atom. The summed E-state index contributed by atoms with van der Waals surface area (Å²) in [6.07, 6.45) is 2.73. The van der Waals surface area contributed by atoms with Crippen LogP contribution in [-0.2, 0) is 14.3 Å². The van der Waals surface area contributed by atoms with Gasteiger partial charge in [-0.25, -0.2) is 9.18 Å². The van der Waals surface area contributed by atoms with Gasteiger partial charge in [0.15, 0.2) is 0 Å². The van der Waals surface area contributed by atoms with E-state index in [-0.39, 0.29) is 30.6 Å². The normalized spacial score (nSPS) is 14.8. The molecule has 0 radical (unpaired) electrons. The number of nitrogens with one attached hydrogen (secondary N) is 1. The van der Waals surface area contributed by atoms with Gasteiger partial charge in [-0.1, -0.05) is 12.1 Å². The number of rotatable bonds is 5. The van der Waals surface area contributed by atoms with Gasteiger partial charge >= 0.3 is 6.09 Å². The molecule has 8 heteroatoms. The molecule has 0 spiro atoms. The minimum Gasteiger partial charge on any atom is -0.444 e. The van der Waals surface area contributed by atoms with Gasteiger partial charge in [0.1, 0.15) is 11.4 Å². The van der Waals surface area contributed by atoms with Crippen molar-refractivity contribution in [2.24, 2.45) is 0 Å². The van der Waals surface area contributed by atoms with E-state index in [0.29, 0.717) is 26.2 Å². The first-order chi connectivity index (χ1) is 13.6. The predicted molar refractivity (Wildman–Crippen MR) is 107 cm³/mol. The molecule has 0 saturated carbocycles. The molecule has 1 aromatic carbocycles. The summed E-state index contributed by atoms with van der Waals surface area (Å²) in [5.74, 6) is -0.543. The Labute approximate surface area is 170 Å². The van der Waals surface area contributed by atoms with Gasteiger partial charge in [-0.2, -0.15) is 0 Å². The first-order valence-electron chi connectivity index (χ1n) is 9.61. The fourth-order valence-electron chi connectivity index (χ4n) is 2.77. The van der Waals surface area contributed by atoms with Gasteiger partial charge in [0.2, 0.25) is 11.8 Å². The zero-order chi connectivity index (χ0) is 21.4. The molecule has 0 aromatic heterocycles. The van der Waals surface area contributed by atoms with E-state index in [1.165, 1.54) is 18.2 Å². The number of ether oxygens (including phenoxy) is 1. The standard InChI is InChI=1S/C21H28FN3O4/c1-21(2,3)29-20(28)23-11-10-19(27)25-14-12-24(13-15-25)18(26)9-6-16-4-7-17(22)8-5-16/h4-9H,10-15H2,1-3H3,(H,23,28)/b9-6+. The summed E-state index contributed by atoms with van der Waals surface area (Å²) in [6, 6.07) is 5.88. The third kappa shape index (κ3) is 7.93. The lowest BCUT2D eigenvalue weighted by atomic mass is 10.2. The highest BCUT2D eigenvalue weighted by Gasteiger charge is 2.23. The maximum Gasteiger partial charge on any atom is 0.407 e. The van der Waals surface area contributed by atoms with Crippen LogP contribution in [0, 0.1) is 5.82 Å². The van der Waals surface area contributed by atoms with Crippen molar-refractivity contribution in [1.29, 1.82) is 0 Å². The molecule has 1 N–H and O–H groups in total. The van der Waals surface area contributed by atoms with Crippen molar-refractivity contribution in [2.45, 2.75) is 32.8 Å². The maximum atomic E-state index is 12.9. The highest BCUT2D eigenvalue weighted by Crippen LogP contribution is 2.09. The van der Waals surface area contributed by atoms with E-state index in [1.807, 2.05) is 0 Å². The van der Waals surface area contributed by atoms with Crippen LogP contribution in [0.1, 0.15) is 32.8 Å². The molecule has 1 aliphatic rings. The minimum atomic E-state index is -0.581. The van der Waals surface area contributed by atoms with Crippen LogP contribution in [0.15, 0.2) is 30.3 Å². The molecule has 0 atom stereocenters. The van der Waals surface area contributed by atoms with Crippen molar-refractivity contribution >= 4 is 24.0 Å². The van der Waals surface area contributed by atoms with E-state index in [2.05, 4.69) is 5.32 Å². The fraction of sp³-hybridized carbons (Fsp3) is 0.476. The molecular formula is C21H28FN3O4. The van der Waals surface area contributed by atoms with Crippen LogP contribution in [0.2, 0.25) is 0 Å². The Morgan fingerprint density at radius 1 is 1.07 bits per heavy atom. The van der Waals surface area contributed by atoms with Crippen molar-refractivity contribution in [2.75, 3.05) is 32.7 Å². The Balaban J connectivity index is 1.71. The molecule has 0 unspecified atom stereocenters. The van der Waals surface area contributed by atoms with Gasteiger partial charge < -0.3 is 19.9 Å². The Hall–Kier alpha value is -2.90. The molecule has 1 aliphatic heterocycles. The molecule has 0 bridgehead atoms. The first-order valence-corrected chi connectivity index (χ1v) is 9.61. The van der Waals surface area contributed by atoms with Crippen LogP contribution < -0.4 is 5.32 Å². The fourth-order valence-corrected chi connectivity index (χ4v) is 2.77. The zero-order valence-electron chi connectivity index (χ0n) is 17.1. The van der Waals surface area contributed by atoms with Gasteiger partial charge in [-0.05, 0) is 44.5 Å². The predicted octanol–water partition coefficient (Wildman–Crippen LogP) is 2.42. The summed E-state index contributed by atoms with van der Waals surface area (Å²) in [5.41, 5.74) is 0.160. The molecule has 158 valence electrons. The lowest BCUT2D eigenvalue weighted by Crippen LogP contribution is -2.50. The zero-order valence-corrected chi connectivity index (χ0v) is 17.1. The summed E-state index contributed by atoms with van der Waals surface area (Å²) >= 11 is 0. The summed E-state index contributed by atoms with van der Waals surface area (Å²) in [5, 5.41) is 2.57. The number of halogens is 1. The lowest BCUT2D eigenvalue weighted by molar-refractivity contribution is -0.137. The molecule has 1 heterocycles. The number of amides is 3. The van der Waals surface area contributed by atoms with E-state index in [0.717, 1.165) is 5.56 Å². The van der Waals surface area contributed by atoms with E-state index in [4.69, 9.17) is 4.74 Å². The van der Waals surface area contributed by atoms with Crippen LogP contribution in [0.4, 0.5) is 9.18 Å². The minimum absolute atomic E-state index is 0.0741. The van der Waals surface area contributed by atoms with Crippen LogP contribution in [0.3, 0.4) is 0 Å². The number of carbonyl (C=O) groups excluding carboxylic acids is 3. The summed E-state index contributed by atoms with van der Waals surface area (Å²) in [7, 11) is 0. The van der Waals surface area contributed by atoms with Crippen LogP contribution >= 0.6 is 0 Å². The number of alkyl carbamates (subject to hydrolysis) is 1. The molecule has 1 aromatic rings. The maximum absolute atomic E-state index is 12.9. The number of hydrogen-bond acceptors (Lipinski definition) is 4. The quantitative estimate of drug-likeness (QED) is 0.763. The van der Waals surface area contributed by atoms with Crippen LogP contribution in [-0.4, -0.2) is 66.0 Å². The van der Waals surface area contributed by atoms with Crippen LogP contribution in [0.25, 0.3) is 6.08 Å². The summed E-state index contributed by atoms with van der Waals surface area (Å²) in [6.45, 7) is 7.29. The van der Waals surface area contributed by atoms with E-state index >= 15 is 0 Å². The topological polar surface area (TPSA) is 79.0 Å². The average Bonchev–Trinajstić information content (AvgIpc) is 2.66. The number of benzene rings is 1. The SMILES string of the molecule is CC(C)(C)OC(=O)NCCC(=O)N1CCN(C(=O)/C=C/c2ccc(F)cc2)CC1. The molecule has 2 rings (SSSR count). The van der Waals surface area contributed by atoms with Gasteiger partial charge in [0.05, 0.1) is 0 Å². The van der Waals surface area contributed by atoms with E-state index in [1.54, 1.807) is 48.8 Å². The van der Waals surface area contributed by atoms with Crippen molar-refractivity contribution in [3.63, 3.8) is 0 Å². The van der Waals surface area contributed by atoms with Gasteiger partial charge in [-0.15, -0.1) is 0 Å². The second-order valence-corrected chi connectivity index (χ2v) is 7.77. The number of piperazine rings is 1.